The maximum atomic E-state index is 10.9. The van der Waals surface area contributed by atoms with Crippen LogP contribution in [-0.2, 0) is 14.3 Å². The zero-order valence-corrected chi connectivity index (χ0v) is 7.38. The Morgan fingerprint density at radius 1 is 1.50 bits per heavy atom. The molecule has 0 radical (unpaired) electrons. The van der Waals surface area contributed by atoms with Crippen molar-refractivity contribution in [3.8, 4) is 0 Å². The highest BCUT2D eigenvalue weighted by molar-refractivity contribution is 5.86. The van der Waals surface area contributed by atoms with Crippen LogP contribution in [0.3, 0.4) is 0 Å². The molecule has 0 heterocycles. The minimum absolute atomic E-state index is 0.128. The lowest BCUT2D eigenvalue weighted by molar-refractivity contribution is -0.146. The predicted octanol–water partition coefficient (Wildman–Crippen LogP) is -0.388. The van der Waals surface area contributed by atoms with Gasteiger partial charge in [-0.05, 0) is 13.8 Å². The molecule has 70 valence electrons. The molecule has 0 atom stereocenters. The Kier molecular flexibility index (Phi) is 3.69. The van der Waals surface area contributed by atoms with E-state index in [0.717, 1.165) is 0 Å². The number of hydrogen-bond acceptors (Lipinski definition) is 3. The summed E-state index contributed by atoms with van der Waals surface area (Å²) in [5.41, 5.74) is -1.24. The van der Waals surface area contributed by atoms with Crippen LogP contribution in [0.5, 0.6) is 0 Å². The van der Waals surface area contributed by atoms with Crippen molar-refractivity contribution in [1.82, 2.24) is 5.32 Å². The lowest BCUT2D eigenvalue weighted by Gasteiger charge is -2.20. The third-order valence-electron chi connectivity index (χ3n) is 1.26. The fourth-order valence-electron chi connectivity index (χ4n) is 0.569. The summed E-state index contributed by atoms with van der Waals surface area (Å²) in [6, 6.07) is 0. The first-order valence-electron chi connectivity index (χ1n) is 3.43. The number of carbonyl (C=O) groups excluding carboxylic acids is 1. The number of ether oxygens (including phenoxy) is 1. The fraction of sp³-hybridized carbons (Fsp3) is 0.714. The van der Waals surface area contributed by atoms with Crippen molar-refractivity contribution in [2.45, 2.75) is 19.4 Å². The van der Waals surface area contributed by atoms with E-state index >= 15 is 0 Å². The second-order valence-corrected chi connectivity index (χ2v) is 2.91. The van der Waals surface area contributed by atoms with E-state index in [9.17, 15) is 9.59 Å². The molecule has 0 aromatic rings. The zero-order chi connectivity index (χ0) is 9.78. The van der Waals surface area contributed by atoms with Gasteiger partial charge in [0, 0.05) is 7.11 Å². The standard InChI is InChI=1S/C7H13NO4/c1-7(2,6(10)11)8-5(9)4-12-3/h4H2,1-3H3,(H,8,9)(H,10,11). The Balaban J connectivity index is 4.06. The Morgan fingerprint density at radius 2 is 2.00 bits per heavy atom. The molecule has 0 aliphatic rings. The first-order valence-corrected chi connectivity index (χ1v) is 3.43. The molecular weight excluding hydrogens is 162 g/mol. The topological polar surface area (TPSA) is 75.6 Å². The van der Waals surface area contributed by atoms with E-state index in [-0.39, 0.29) is 6.61 Å². The van der Waals surface area contributed by atoms with Gasteiger partial charge in [-0.15, -0.1) is 0 Å². The van der Waals surface area contributed by atoms with Gasteiger partial charge in [-0.3, -0.25) is 4.79 Å². The van der Waals surface area contributed by atoms with Gasteiger partial charge >= 0.3 is 5.97 Å². The summed E-state index contributed by atoms with van der Waals surface area (Å²) < 4.78 is 4.52. The van der Waals surface area contributed by atoms with Crippen LogP contribution < -0.4 is 5.32 Å². The second kappa shape index (κ2) is 4.06. The maximum absolute atomic E-state index is 10.9. The quantitative estimate of drug-likeness (QED) is 0.610. The van der Waals surface area contributed by atoms with E-state index in [1.54, 1.807) is 0 Å². The lowest BCUT2D eigenvalue weighted by atomic mass is 10.1. The average Bonchev–Trinajstić information content (AvgIpc) is 1.85. The van der Waals surface area contributed by atoms with Gasteiger partial charge in [0.2, 0.25) is 5.91 Å². The molecule has 0 aliphatic carbocycles. The van der Waals surface area contributed by atoms with E-state index in [1.165, 1.54) is 21.0 Å². The fourth-order valence-corrected chi connectivity index (χ4v) is 0.569. The molecule has 1 amide bonds. The summed E-state index contributed by atoms with van der Waals surface area (Å²) in [5, 5.41) is 10.9. The zero-order valence-electron chi connectivity index (χ0n) is 7.38. The summed E-state index contributed by atoms with van der Waals surface area (Å²) >= 11 is 0. The van der Waals surface area contributed by atoms with Gasteiger partial charge in [0.1, 0.15) is 12.1 Å². The van der Waals surface area contributed by atoms with Crippen LogP contribution in [0.1, 0.15) is 13.8 Å². The highest BCUT2D eigenvalue weighted by atomic mass is 16.5. The van der Waals surface area contributed by atoms with Crippen LogP contribution in [0.25, 0.3) is 0 Å². The van der Waals surface area contributed by atoms with Crippen molar-refractivity contribution in [3.63, 3.8) is 0 Å². The van der Waals surface area contributed by atoms with Crippen molar-refractivity contribution < 1.29 is 19.4 Å². The van der Waals surface area contributed by atoms with Crippen LogP contribution in [-0.4, -0.2) is 36.2 Å². The number of carboxylic acid groups (broad SMARTS) is 1. The molecular formula is C7H13NO4. The van der Waals surface area contributed by atoms with Gasteiger partial charge in [-0.2, -0.15) is 0 Å². The third-order valence-corrected chi connectivity index (χ3v) is 1.26. The van der Waals surface area contributed by atoms with Crippen LogP contribution >= 0.6 is 0 Å². The van der Waals surface area contributed by atoms with Crippen molar-refractivity contribution in [2.24, 2.45) is 0 Å². The Morgan fingerprint density at radius 3 is 2.33 bits per heavy atom. The second-order valence-electron chi connectivity index (χ2n) is 2.91. The number of carboxylic acids is 1. The molecule has 0 aromatic heterocycles. The molecule has 0 rings (SSSR count). The predicted molar refractivity (Wildman–Crippen MR) is 41.7 cm³/mol. The Labute approximate surface area is 70.7 Å². The van der Waals surface area contributed by atoms with Crippen molar-refractivity contribution in [3.05, 3.63) is 0 Å². The molecule has 0 spiro atoms. The van der Waals surface area contributed by atoms with Crippen LogP contribution in [0.15, 0.2) is 0 Å². The smallest absolute Gasteiger partial charge is 0.328 e. The number of amides is 1. The van der Waals surface area contributed by atoms with Crippen molar-refractivity contribution in [1.29, 1.82) is 0 Å². The molecule has 0 aromatic carbocycles. The first-order chi connectivity index (χ1) is 5.40. The highest BCUT2D eigenvalue weighted by Crippen LogP contribution is 2.00. The summed E-state index contributed by atoms with van der Waals surface area (Å²) in [4.78, 5) is 21.4. The summed E-state index contributed by atoms with van der Waals surface area (Å²) in [5.74, 6) is -1.52. The van der Waals surface area contributed by atoms with E-state index in [4.69, 9.17) is 5.11 Å². The van der Waals surface area contributed by atoms with Gasteiger partial charge in [0.15, 0.2) is 0 Å². The molecule has 0 aliphatic heterocycles. The third kappa shape index (κ3) is 3.34. The summed E-state index contributed by atoms with van der Waals surface area (Å²) in [7, 11) is 1.37. The number of rotatable bonds is 4. The molecule has 0 fully saturated rings. The van der Waals surface area contributed by atoms with Crippen molar-refractivity contribution in [2.75, 3.05) is 13.7 Å². The van der Waals surface area contributed by atoms with E-state index < -0.39 is 17.4 Å². The van der Waals surface area contributed by atoms with E-state index in [2.05, 4.69) is 10.1 Å². The minimum Gasteiger partial charge on any atom is -0.480 e. The van der Waals surface area contributed by atoms with Crippen LogP contribution in [0.4, 0.5) is 0 Å². The van der Waals surface area contributed by atoms with Crippen LogP contribution in [0, 0.1) is 0 Å². The lowest BCUT2D eigenvalue weighted by Crippen LogP contribution is -2.50. The normalized spacial score (nSPS) is 10.9. The first kappa shape index (κ1) is 10.9. The van der Waals surface area contributed by atoms with E-state index in [0.29, 0.717) is 0 Å². The molecule has 0 unspecified atom stereocenters. The molecule has 12 heavy (non-hydrogen) atoms. The molecule has 5 nitrogen and oxygen atoms in total. The summed E-state index contributed by atoms with van der Waals surface area (Å²) in [6.45, 7) is 2.68. The van der Waals surface area contributed by atoms with E-state index in [1.807, 2.05) is 0 Å². The van der Waals surface area contributed by atoms with Crippen molar-refractivity contribution >= 4 is 11.9 Å². The highest BCUT2D eigenvalue weighted by Gasteiger charge is 2.28. The Bertz CT molecular complexity index is 188. The molecule has 2 N–H and O–H groups in total. The SMILES string of the molecule is COCC(=O)NC(C)(C)C(=O)O. The monoisotopic (exact) mass is 175 g/mol. The van der Waals surface area contributed by atoms with Gasteiger partial charge in [0.25, 0.3) is 0 Å². The average molecular weight is 175 g/mol. The number of hydrogen-bond donors (Lipinski definition) is 2. The summed E-state index contributed by atoms with van der Waals surface area (Å²) in [6.07, 6.45) is 0. The number of aliphatic carboxylic acids is 1. The molecule has 0 bridgehead atoms. The number of nitrogens with one attached hydrogen (secondary N) is 1. The molecule has 0 saturated heterocycles. The number of carbonyl (C=O) groups is 2. The van der Waals surface area contributed by atoms with Gasteiger partial charge in [0.05, 0.1) is 0 Å². The molecule has 5 heteroatoms. The maximum Gasteiger partial charge on any atom is 0.328 e. The van der Waals surface area contributed by atoms with Gasteiger partial charge in [-0.25, -0.2) is 4.79 Å². The van der Waals surface area contributed by atoms with Gasteiger partial charge < -0.3 is 15.2 Å². The van der Waals surface area contributed by atoms with Crippen LogP contribution in [0.2, 0.25) is 0 Å². The minimum atomic E-state index is -1.24. The van der Waals surface area contributed by atoms with Gasteiger partial charge in [-0.1, -0.05) is 0 Å². The molecule has 0 saturated carbocycles. The number of methoxy groups -OCH3 is 1. The largest absolute Gasteiger partial charge is 0.480 e. The Hall–Kier alpha value is -1.10.